The fourth-order valence-electron chi connectivity index (χ4n) is 6.67. The molecule has 1 aliphatic carbocycles. The molecule has 0 spiro atoms. The first-order valence-corrected chi connectivity index (χ1v) is 16.7. The summed E-state index contributed by atoms with van der Waals surface area (Å²) in [5.41, 5.74) is 5.46. The summed E-state index contributed by atoms with van der Waals surface area (Å²) in [6.07, 6.45) is 3.05. The number of aryl methyl sites for hydroxylation is 1. The van der Waals surface area contributed by atoms with Crippen LogP contribution in [0.15, 0.2) is 59.8 Å². The van der Waals surface area contributed by atoms with E-state index >= 15 is 0 Å². The number of rotatable bonds is 8. The molecule has 2 aromatic carbocycles. The van der Waals surface area contributed by atoms with E-state index in [2.05, 4.69) is 48.9 Å². The van der Waals surface area contributed by atoms with Gasteiger partial charge in [-0.3, -0.25) is 9.29 Å². The van der Waals surface area contributed by atoms with Crippen molar-refractivity contribution in [3.05, 3.63) is 65.9 Å². The summed E-state index contributed by atoms with van der Waals surface area (Å²) in [5, 5.41) is 11.1. The van der Waals surface area contributed by atoms with Gasteiger partial charge in [0.2, 0.25) is 10.0 Å². The van der Waals surface area contributed by atoms with Gasteiger partial charge in [-0.2, -0.15) is 0 Å². The summed E-state index contributed by atoms with van der Waals surface area (Å²) >= 11 is 1.77. The highest BCUT2D eigenvalue weighted by atomic mass is 32.2. The van der Waals surface area contributed by atoms with Gasteiger partial charge in [-0.25, -0.2) is 8.42 Å². The Kier molecular flexibility index (Phi) is 6.40. The monoisotopic (exact) mass is 574 g/mol. The summed E-state index contributed by atoms with van der Waals surface area (Å²) in [6.45, 7) is 5.92. The smallest absolute Gasteiger partial charge is 0.235 e. The van der Waals surface area contributed by atoms with Crippen molar-refractivity contribution in [2.75, 3.05) is 42.0 Å². The van der Waals surface area contributed by atoms with Crippen molar-refractivity contribution >= 4 is 38.4 Å². The first kappa shape index (κ1) is 26.0. The Morgan fingerprint density at radius 2 is 1.93 bits per heavy atom. The number of thioether (sulfide) groups is 1. The van der Waals surface area contributed by atoms with Crippen molar-refractivity contribution in [2.24, 2.45) is 13.0 Å². The van der Waals surface area contributed by atoms with Crippen molar-refractivity contribution < 1.29 is 8.42 Å². The second-order valence-corrected chi connectivity index (χ2v) is 14.5. The van der Waals surface area contributed by atoms with Crippen LogP contribution in [0.3, 0.4) is 0 Å². The zero-order valence-electron chi connectivity index (χ0n) is 23.0. The van der Waals surface area contributed by atoms with Crippen LogP contribution in [0.5, 0.6) is 0 Å². The van der Waals surface area contributed by atoms with Gasteiger partial charge >= 0.3 is 0 Å². The summed E-state index contributed by atoms with van der Waals surface area (Å²) < 4.78 is 28.2. The molecule has 40 heavy (non-hydrogen) atoms. The van der Waals surface area contributed by atoms with Crippen LogP contribution in [0.25, 0.3) is 22.3 Å². The fourth-order valence-corrected chi connectivity index (χ4v) is 9.07. The number of sulfonamides is 1. The van der Waals surface area contributed by atoms with Crippen LogP contribution >= 0.6 is 11.8 Å². The fraction of sp³-hybridized carbons (Fsp3) is 0.433. The maximum atomic E-state index is 12.3. The molecule has 3 aliphatic rings. The first-order chi connectivity index (χ1) is 19.3. The van der Waals surface area contributed by atoms with Gasteiger partial charge in [0.25, 0.3) is 0 Å². The van der Waals surface area contributed by atoms with Gasteiger partial charge in [0, 0.05) is 54.5 Å². The molecule has 7 rings (SSSR count). The van der Waals surface area contributed by atoms with Gasteiger partial charge in [0.05, 0.1) is 17.0 Å². The minimum absolute atomic E-state index is 0.250. The quantitative estimate of drug-likeness (QED) is 0.224. The molecule has 1 saturated carbocycles. The third-order valence-corrected chi connectivity index (χ3v) is 11.8. The lowest BCUT2D eigenvalue weighted by atomic mass is 9.95. The third kappa shape index (κ3) is 4.50. The lowest BCUT2D eigenvalue weighted by Gasteiger charge is -2.22. The predicted octanol–water partition coefficient (Wildman–Crippen LogP) is 4.63. The number of hydrogen-bond donors (Lipinski definition) is 0. The van der Waals surface area contributed by atoms with E-state index in [-0.39, 0.29) is 11.2 Å². The molecule has 8 nitrogen and oxygen atoms in total. The molecular weight excluding hydrogens is 541 g/mol. The number of fused-ring (bicyclic) bond motifs is 2. The average Bonchev–Trinajstić information content (AvgIpc) is 3.18. The molecule has 10 heteroatoms. The molecule has 208 valence electrons. The lowest BCUT2D eigenvalue weighted by Crippen LogP contribution is -2.28. The Morgan fingerprint density at radius 1 is 1.07 bits per heavy atom. The highest BCUT2D eigenvalue weighted by Gasteiger charge is 2.60. The molecule has 0 amide bonds. The minimum Gasteiger partial charge on any atom is -0.305 e. The van der Waals surface area contributed by atoms with Gasteiger partial charge in [-0.15, -0.1) is 10.2 Å². The zero-order chi connectivity index (χ0) is 27.5. The number of benzene rings is 2. The minimum atomic E-state index is -3.13. The largest absolute Gasteiger partial charge is 0.305 e. The molecule has 0 N–H and O–H groups in total. The predicted molar refractivity (Wildman–Crippen MR) is 160 cm³/mol. The van der Waals surface area contributed by atoms with Gasteiger partial charge in [-0.05, 0) is 68.5 Å². The average molecular weight is 575 g/mol. The van der Waals surface area contributed by atoms with Crippen molar-refractivity contribution in [3.63, 3.8) is 0 Å². The number of aromatic nitrogens is 4. The van der Waals surface area contributed by atoms with Gasteiger partial charge in [-0.1, -0.05) is 42.1 Å². The van der Waals surface area contributed by atoms with E-state index in [0.717, 1.165) is 70.6 Å². The van der Waals surface area contributed by atoms with Gasteiger partial charge < -0.3 is 9.47 Å². The number of piperidine rings is 1. The molecule has 2 aromatic heterocycles. The van der Waals surface area contributed by atoms with Crippen LogP contribution < -0.4 is 4.31 Å². The Bertz CT molecular complexity index is 1690. The normalized spacial score (nSPS) is 23.6. The third-order valence-electron chi connectivity index (χ3n) is 8.84. The number of nitrogens with zero attached hydrogens (tertiary/aromatic N) is 6. The highest BCUT2D eigenvalue weighted by Crippen LogP contribution is 2.59. The maximum Gasteiger partial charge on any atom is 0.235 e. The molecular formula is C30H34N6O2S2. The van der Waals surface area contributed by atoms with Gasteiger partial charge in [0.15, 0.2) is 11.0 Å². The summed E-state index contributed by atoms with van der Waals surface area (Å²) in [7, 11) is -1.09. The maximum absolute atomic E-state index is 12.3. The molecule has 2 aliphatic heterocycles. The molecule has 2 atom stereocenters. The number of pyridine rings is 1. The molecule has 4 aromatic rings. The van der Waals surface area contributed by atoms with Crippen molar-refractivity contribution in [2.45, 2.75) is 36.8 Å². The van der Waals surface area contributed by atoms with E-state index in [4.69, 9.17) is 0 Å². The van der Waals surface area contributed by atoms with Crippen LogP contribution in [0.2, 0.25) is 0 Å². The molecule has 0 radical (unpaired) electrons. The molecule has 3 fully saturated rings. The van der Waals surface area contributed by atoms with E-state index < -0.39 is 10.0 Å². The van der Waals surface area contributed by atoms with E-state index in [1.807, 2.05) is 44.3 Å². The van der Waals surface area contributed by atoms with Crippen LogP contribution in [0.4, 0.5) is 5.69 Å². The molecule has 1 unspecified atom stereocenters. The molecule has 0 bridgehead atoms. The Morgan fingerprint density at radius 3 is 2.73 bits per heavy atom. The van der Waals surface area contributed by atoms with Crippen molar-refractivity contribution in [1.82, 2.24) is 24.6 Å². The van der Waals surface area contributed by atoms with Crippen LogP contribution in [-0.4, -0.2) is 70.8 Å². The summed E-state index contributed by atoms with van der Waals surface area (Å²) in [5.74, 6) is 2.83. The van der Waals surface area contributed by atoms with Crippen LogP contribution in [0, 0.1) is 12.8 Å². The Hall–Kier alpha value is -2.95. The SMILES string of the molecule is Cc1ccc2c(-c3nnc(SCCCN4C[C@H]5CC5(c5ccc(N6CCCS6(=O)=O)cc5)C4)n3C)cccc2n1. The summed E-state index contributed by atoms with van der Waals surface area (Å²) in [6, 6.07) is 18.7. The van der Waals surface area contributed by atoms with Crippen LogP contribution in [-0.2, 0) is 22.5 Å². The number of likely N-dealkylation sites (tertiary alicyclic amines) is 1. The number of hydrogen-bond acceptors (Lipinski definition) is 7. The summed E-state index contributed by atoms with van der Waals surface area (Å²) in [4.78, 5) is 7.26. The first-order valence-electron chi connectivity index (χ1n) is 14.1. The highest BCUT2D eigenvalue weighted by molar-refractivity contribution is 7.99. The van der Waals surface area contributed by atoms with Crippen LogP contribution in [0.1, 0.15) is 30.5 Å². The second-order valence-electron chi connectivity index (χ2n) is 11.5. The van der Waals surface area contributed by atoms with Crippen molar-refractivity contribution in [1.29, 1.82) is 0 Å². The van der Waals surface area contributed by atoms with E-state index in [1.165, 1.54) is 12.0 Å². The lowest BCUT2D eigenvalue weighted by molar-refractivity contribution is 0.299. The zero-order valence-corrected chi connectivity index (χ0v) is 24.6. The standard InChI is InChI=1S/C30H34N6O2S2/c1-21-8-13-25-26(6-3-7-27(25)31-21)28-32-33-29(34(28)2)39-16-4-14-35-19-23-18-30(23,20-35)22-9-11-24(12-10-22)36-15-5-17-40(36,37)38/h3,6-13,23H,4-5,14-20H2,1-2H3/t23-,30?/m1/s1. The van der Waals surface area contributed by atoms with E-state index in [1.54, 1.807) is 16.1 Å². The van der Waals surface area contributed by atoms with E-state index in [0.29, 0.717) is 18.9 Å². The molecule has 4 heterocycles. The topological polar surface area (TPSA) is 84.2 Å². The Labute approximate surface area is 239 Å². The van der Waals surface area contributed by atoms with Crippen molar-refractivity contribution in [3.8, 4) is 11.4 Å². The number of anilines is 1. The molecule has 2 saturated heterocycles. The second kappa shape index (κ2) is 9.85. The Balaban J connectivity index is 0.945. The van der Waals surface area contributed by atoms with Gasteiger partial charge in [0.1, 0.15) is 0 Å². The van der Waals surface area contributed by atoms with E-state index in [9.17, 15) is 8.42 Å².